The molecule has 1 aromatic carbocycles. The van der Waals surface area contributed by atoms with Crippen LogP contribution in [-0.4, -0.2) is 83.3 Å². The number of aromatic nitrogens is 2. The number of pyridine rings is 1. The van der Waals surface area contributed by atoms with Crippen molar-refractivity contribution in [2.45, 2.75) is 64.8 Å². The minimum absolute atomic E-state index is 0.0400. The van der Waals surface area contributed by atoms with Gasteiger partial charge in [-0.25, -0.2) is 4.79 Å². The molecule has 1 aliphatic heterocycles. The topological polar surface area (TPSA) is 111 Å². The highest BCUT2D eigenvalue weighted by atomic mass is 79.9. The molecule has 41 heavy (non-hydrogen) atoms. The maximum atomic E-state index is 11.5. The predicted octanol–water partition coefficient (Wildman–Crippen LogP) is 6.00. The summed E-state index contributed by atoms with van der Waals surface area (Å²) in [5.74, 6) is 0. The molecule has 0 unspecified atom stereocenters. The number of carbonyl (C=O) groups is 1. The first-order chi connectivity index (χ1) is 19.6. The molecular weight excluding hydrogens is 588 g/mol. The highest BCUT2D eigenvalue weighted by Crippen LogP contribution is 2.50. The Morgan fingerprint density at radius 3 is 2.51 bits per heavy atom. The van der Waals surface area contributed by atoms with Gasteiger partial charge in [0.15, 0.2) is 0 Å². The number of hydrogen-bond donors (Lipinski definition) is 3. The number of aromatic amines is 1. The van der Waals surface area contributed by atoms with Gasteiger partial charge in [-0.05, 0) is 75.3 Å². The van der Waals surface area contributed by atoms with Gasteiger partial charge in [-0.3, -0.25) is 4.98 Å². The van der Waals surface area contributed by atoms with Gasteiger partial charge in [0.1, 0.15) is 0 Å². The third kappa shape index (κ3) is 6.56. The van der Waals surface area contributed by atoms with Gasteiger partial charge in [-0.2, -0.15) is 0 Å². The molecule has 10 heteroatoms. The van der Waals surface area contributed by atoms with E-state index in [0.29, 0.717) is 32.6 Å². The fraction of sp³-hybridized carbons (Fsp3) is 0.548. The van der Waals surface area contributed by atoms with Crippen molar-refractivity contribution in [3.8, 4) is 11.3 Å². The average Bonchev–Trinajstić information content (AvgIpc) is 3.65. The highest BCUT2D eigenvalue weighted by molar-refractivity contribution is 9.10. The Bertz CT molecular complexity index is 1380. The van der Waals surface area contributed by atoms with Crippen molar-refractivity contribution in [1.82, 2.24) is 14.9 Å². The van der Waals surface area contributed by atoms with E-state index in [1.165, 1.54) is 4.90 Å². The number of piperazine rings is 1. The number of ether oxygens (including phenoxy) is 2. The summed E-state index contributed by atoms with van der Waals surface area (Å²) in [5.41, 5.74) is 5.88. The van der Waals surface area contributed by atoms with Crippen LogP contribution in [0.15, 0.2) is 34.9 Å². The molecule has 1 amide bonds. The molecule has 1 saturated carbocycles. The number of nitrogens with zero attached hydrogens (tertiary/aromatic N) is 3. The van der Waals surface area contributed by atoms with Crippen molar-refractivity contribution >= 4 is 38.6 Å². The molecule has 3 heterocycles. The Kier molecular flexibility index (Phi) is 8.94. The quantitative estimate of drug-likeness (QED) is 0.239. The number of halogens is 1. The third-order valence-corrected chi connectivity index (χ3v) is 9.04. The number of aliphatic hydroxyl groups is 1. The number of aliphatic hydroxyl groups excluding tert-OH is 1. The minimum atomic E-state index is -0.881. The number of amides is 1. The van der Waals surface area contributed by atoms with E-state index in [1.54, 1.807) is 7.11 Å². The van der Waals surface area contributed by atoms with Crippen molar-refractivity contribution in [3.05, 3.63) is 46.2 Å². The summed E-state index contributed by atoms with van der Waals surface area (Å²) in [6.45, 7) is 8.43. The summed E-state index contributed by atoms with van der Waals surface area (Å²) in [5, 5.41) is 20.6. The van der Waals surface area contributed by atoms with Crippen LogP contribution in [0.25, 0.3) is 22.2 Å². The van der Waals surface area contributed by atoms with E-state index in [4.69, 9.17) is 14.5 Å². The number of nitrogens with one attached hydrogen (secondary N) is 1. The molecule has 2 atom stereocenters. The zero-order valence-corrected chi connectivity index (χ0v) is 25.9. The van der Waals surface area contributed by atoms with Crippen LogP contribution in [-0.2, 0) is 15.9 Å². The third-order valence-electron chi connectivity index (χ3n) is 8.55. The Labute approximate surface area is 250 Å². The van der Waals surface area contributed by atoms with Gasteiger partial charge in [0.05, 0.1) is 41.6 Å². The number of hydrogen-bond acceptors (Lipinski definition) is 6. The molecule has 2 fully saturated rings. The Morgan fingerprint density at radius 1 is 1.17 bits per heavy atom. The summed E-state index contributed by atoms with van der Waals surface area (Å²) in [6, 6.07) is 8.43. The number of methoxy groups -OCH3 is 1. The van der Waals surface area contributed by atoms with E-state index in [0.717, 1.165) is 62.8 Å². The Balaban J connectivity index is 1.59. The number of H-pyrrole nitrogens is 1. The average molecular weight is 630 g/mol. The number of fused-ring (bicyclic) bond motifs is 1. The second kappa shape index (κ2) is 12.3. The number of anilines is 1. The monoisotopic (exact) mass is 628 g/mol. The fourth-order valence-corrected chi connectivity index (χ4v) is 6.32. The standard InChI is InChI=1S/C31H41BrN4O5/c1-19(2)41-23(16-31(18-37)7-8-31)15-25-24-13-21(32)5-6-27(24)34-29(25)26-14-22(17-33-28(26)20(3)40-4)35-9-11-36(12-10-35)30(38)39/h5-6,13-14,17,19-20,23,34,37H,7-12,15-16,18H2,1-4H3,(H,38,39)/t20-,23-/m0/s1. The zero-order valence-electron chi connectivity index (χ0n) is 24.3. The van der Waals surface area contributed by atoms with Gasteiger partial charge in [0.25, 0.3) is 0 Å². The van der Waals surface area contributed by atoms with Gasteiger partial charge in [0.2, 0.25) is 0 Å². The zero-order chi connectivity index (χ0) is 29.3. The van der Waals surface area contributed by atoms with Crippen LogP contribution in [0.1, 0.15) is 57.4 Å². The normalized spacial score (nSPS) is 18.2. The van der Waals surface area contributed by atoms with Gasteiger partial charge < -0.3 is 34.5 Å². The first-order valence-corrected chi connectivity index (χ1v) is 15.2. The van der Waals surface area contributed by atoms with Crippen LogP contribution in [0.2, 0.25) is 0 Å². The SMILES string of the molecule is CO[C@@H](C)c1ncc(N2CCN(C(=O)O)CC2)cc1-c1[nH]c2ccc(Br)cc2c1C[C@@H](CC1(CO)CC1)OC(C)C. The summed E-state index contributed by atoms with van der Waals surface area (Å²) in [4.78, 5) is 23.7. The van der Waals surface area contributed by atoms with Crippen molar-refractivity contribution in [2.24, 2.45) is 5.41 Å². The van der Waals surface area contributed by atoms with E-state index in [-0.39, 0.29) is 30.3 Å². The molecule has 0 spiro atoms. The maximum Gasteiger partial charge on any atom is 0.407 e. The van der Waals surface area contributed by atoms with Crippen LogP contribution in [0, 0.1) is 5.41 Å². The molecule has 2 aliphatic rings. The number of rotatable bonds is 11. The largest absolute Gasteiger partial charge is 0.465 e. The lowest BCUT2D eigenvalue weighted by atomic mass is 9.92. The van der Waals surface area contributed by atoms with Crippen LogP contribution in [0.5, 0.6) is 0 Å². The van der Waals surface area contributed by atoms with Crippen molar-refractivity contribution in [1.29, 1.82) is 0 Å². The summed E-state index contributed by atoms with van der Waals surface area (Å²) >= 11 is 3.67. The Hall–Kier alpha value is -2.66. The number of benzene rings is 1. The smallest absolute Gasteiger partial charge is 0.407 e. The van der Waals surface area contributed by atoms with E-state index in [1.807, 2.05) is 19.2 Å². The summed E-state index contributed by atoms with van der Waals surface area (Å²) in [7, 11) is 1.69. The lowest BCUT2D eigenvalue weighted by Gasteiger charge is -2.34. The maximum absolute atomic E-state index is 11.5. The van der Waals surface area contributed by atoms with Crippen LogP contribution in [0.3, 0.4) is 0 Å². The lowest BCUT2D eigenvalue weighted by Crippen LogP contribution is -2.48. The molecule has 9 nitrogen and oxygen atoms in total. The van der Waals surface area contributed by atoms with Gasteiger partial charge in [-0.1, -0.05) is 15.9 Å². The van der Waals surface area contributed by atoms with Gasteiger partial charge >= 0.3 is 6.09 Å². The molecule has 3 N–H and O–H groups in total. The first-order valence-electron chi connectivity index (χ1n) is 14.5. The van der Waals surface area contributed by atoms with Gasteiger partial charge in [0, 0.05) is 67.3 Å². The molecule has 1 aliphatic carbocycles. The van der Waals surface area contributed by atoms with Crippen LogP contribution < -0.4 is 4.90 Å². The summed E-state index contributed by atoms with van der Waals surface area (Å²) in [6.07, 6.45) is 4.33. The molecule has 3 aromatic rings. The highest BCUT2D eigenvalue weighted by Gasteiger charge is 2.44. The van der Waals surface area contributed by atoms with Gasteiger partial charge in [-0.15, -0.1) is 0 Å². The molecule has 5 rings (SSSR count). The summed E-state index contributed by atoms with van der Waals surface area (Å²) < 4.78 is 13.2. The molecule has 0 radical (unpaired) electrons. The van der Waals surface area contributed by atoms with Crippen LogP contribution in [0.4, 0.5) is 10.5 Å². The Morgan fingerprint density at radius 2 is 1.90 bits per heavy atom. The molecule has 0 bridgehead atoms. The number of carboxylic acid groups (broad SMARTS) is 1. The molecule has 2 aromatic heterocycles. The molecular formula is C31H41BrN4O5. The first kappa shape index (κ1) is 29.8. The van der Waals surface area contributed by atoms with Crippen LogP contribution >= 0.6 is 15.9 Å². The minimum Gasteiger partial charge on any atom is -0.465 e. The van der Waals surface area contributed by atoms with Crippen molar-refractivity contribution in [2.75, 3.05) is 44.8 Å². The lowest BCUT2D eigenvalue weighted by molar-refractivity contribution is -0.0133. The second-order valence-electron chi connectivity index (χ2n) is 11.8. The van der Waals surface area contributed by atoms with E-state index in [2.05, 4.69) is 57.9 Å². The predicted molar refractivity (Wildman–Crippen MR) is 164 cm³/mol. The van der Waals surface area contributed by atoms with E-state index in [9.17, 15) is 15.0 Å². The second-order valence-corrected chi connectivity index (χ2v) is 12.7. The molecule has 222 valence electrons. The fourth-order valence-electron chi connectivity index (χ4n) is 5.96. The van der Waals surface area contributed by atoms with E-state index < -0.39 is 6.09 Å². The molecule has 1 saturated heterocycles. The van der Waals surface area contributed by atoms with E-state index >= 15 is 0 Å². The van der Waals surface area contributed by atoms with Crippen molar-refractivity contribution in [3.63, 3.8) is 0 Å². The van der Waals surface area contributed by atoms with Crippen molar-refractivity contribution < 1.29 is 24.5 Å².